The van der Waals surface area contributed by atoms with Gasteiger partial charge in [-0.05, 0) is 42.2 Å². The summed E-state index contributed by atoms with van der Waals surface area (Å²) in [7, 11) is -3.50. The summed E-state index contributed by atoms with van der Waals surface area (Å²) in [5, 5.41) is 2.83. The Morgan fingerprint density at radius 1 is 1.00 bits per heavy atom. The van der Waals surface area contributed by atoms with Gasteiger partial charge in [0, 0.05) is 23.7 Å². The molecule has 7 heteroatoms. The first-order valence-electron chi connectivity index (χ1n) is 8.57. The first-order valence-corrected chi connectivity index (χ1v) is 11.0. The van der Waals surface area contributed by atoms with Crippen LogP contribution >= 0.6 is 11.8 Å². The third-order valence-electron chi connectivity index (χ3n) is 3.89. The summed E-state index contributed by atoms with van der Waals surface area (Å²) >= 11 is 1.61. The Kier molecular flexibility index (Phi) is 7.25. The fourth-order valence-electron chi connectivity index (χ4n) is 2.56. The summed E-state index contributed by atoms with van der Waals surface area (Å²) in [5.41, 5.74) is 1.17. The number of carbonyl (C=O) groups excluding carboxylic acids is 1. The van der Waals surface area contributed by atoms with Crippen LogP contribution in [0.3, 0.4) is 0 Å². The Morgan fingerprint density at radius 3 is 2.19 bits per heavy atom. The van der Waals surface area contributed by atoms with E-state index in [1.807, 2.05) is 25.1 Å². The van der Waals surface area contributed by atoms with Crippen molar-refractivity contribution in [2.24, 2.45) is 0 Å². The molecule has 2 aromatic carbocycles. The zero-order valence-electron chi connectivity index (χ0n) is 15.2. The molecule has 0 spiro atoms. The predicted molar refractivity (Wildman–Crippen MR) is 107 cm³/mol. The topological polar surface area (TPSA) is 66.5 Å². The largest absolute Gasteiger partial charge is 0.322 e. The second-order valence-electron chi connectivity index (χ2n) is 5.50. The normalized spacial score (nSPS) is 11.5. The number of nitrogens with one attached hydrogen (secondary N) is 1. The molecule has 0 aliphatic rings. The lowest BCUT2D eigenvalue weighted by Crippen LogP contribution is -2.30. The van der Waals surface area contributed by atoms with Crippen LogP contribution in [0.15, 0.2) is 58.3 Å². The molecule has 0 aliphatic carbocycles. The van der Waals surface area contributed by atoms with Gasteiger partial charge >= 0.3 is 0 Å². The van der Waals surface area contributed by atoms with Crippen molar-refractivity contribution in [3.05, 3.63) is 54.1 Å². The van der Waals surface area contributed by atoms with Crippen LogP contribution in [0.1, 0.15) is 31.1 Å². The van der Waals surface area contributed by atoms with Crippen molar-refractivity contribution in [3.63, 3.8) is 0 Å². The molecule has 5 nitrogen and oxygen atoms in total. The fourth-order valence-corrected chi connectivity index (χ4v) is 4.82. The maximum atomic E-state index is 12.5. The first-order chi connectivity index (χ1) is 12.4. The van der Waals surface area contributed by atoms with Gasteiger partial charge < -0.3 is 5.32 Å². The molecule has 0 fully saturated rings. The van der Waals surface area contributed by atoms with E-state index in [9.17, 15) is 13.2 Å². The monoisotopic (exact) mass is 392 g/mol. The van der Waals surface area contributed by atoms with Crippen molar-refractivity contribution < 1.29 is 13.2 Å². The zero-order chi connectivity index (χ0) is 19.2. The average Bonchev–Trinajstić information content (AvgIpc) is 2.63. The highest BCUT2D eigenvalue weighted by Gasteiger charge is 2.21. The third-order valence-corrected chi connectivity index (χ3v) is 6.91. The second kappa shape index (κ2) is 9.21. The highest BCUT2D eigenvalue weighted by Crippen LogP contribution is 2.24. The van der Waals surface area contributed by atoms with Crippen LogP contribution in [0, 0.1) is 0 Å². The van der Waals surface area contributed by atoms with Gasteiger partial charge in [-0.2, -0.15) is 4.31 Å². The minimum absolute atomic E-state index is 0.207. The van der Waals surface area contributed by atoms with Gasteiger partial charge in [-0.1, -0.05) is 32.9 Å². The van der Waals surface area contributed by atoms with Gasteiger partial charge in [0.05, 0.1) is 10.5 Å². The highest BCUT2D eigenvalue weighted by molar-refractivity contribution is 7.99. The minimum atomic E-state index is -3.50. The number of benzene rings is 2. The molecule has 0 bridgehead atoms. The summed E-state index contributed by atoms with van der Waals surface area (Å²) in [6.07, 6.45) is 0. The molecular weight excluding hydrogens is 368 g/mol. The van der Waals surface area contributed by atoms with E-state index in [4.69, 9.17) is 0 Å². The van der Waals surface area contributed by atoms with E-state index in [0.717, 1.165) is 10.6 Å². The number of nitrogens with zero attached hydrogens (tertiary/aromatic N) is 1. The van der Waals surface area contributed by atoms with Gasteiger partial charge in [-0.25, -0.2) is 8.42 Å². The van der Waals surface area contributed by atoms with Crippen LogP contribution in [0.4, 0.5) is 5.69 Å². The van der Waals surface area contributed by atoms with Gasteiger partial charge in [0.25, 0.3) is 5.91 Å². The maximum absolute atomic E-state index is 12.5. The number of rotatable bonds is 8. The van der Waals surface area contributed by atoms with Crippen LogP contribution < -0.4 is 5.32 Å². The summed E-state index contributed by atoms with van der Waals surface area (Å²) in [4.78, 5) is 13.7. The van der Waals surface area contributed by atoms with Gasteiger partial charge in [0.15, 0.2) is 0 Å². The number of hydrogen-bond acceptors (Lipinski definition) is 4. The standard InChI is InChI=1S/C19H24N2O3S2/c1-4-21(5-2)26(23,24)16-13-11-15(12-14-16)20-19(22)17-9-7-8-10-18(17)25-6-3/h7-14H,4-6H2,1-3H3,(H,20,22). The molecule has 140 valence electrons. The third kappa shape index (κ3) is 4.66. The number of carbonyl (C=O) groups is 1. The van der Waals surface area contributed by atoms with Crippen molar-refractivity contribution in [1.29, 1.82) is 0 Å². The number of amides is 1. The van der Waals surface area contributed by atoms with Crippen molar-refractivity contribution in [2.45, 2.75) is 30.6 Å². The van der Waals surface area contributed by atoms with Crippen molar-refractivity contribution >= 4 is 33.4 Å². The molecule has 0 aromatic heterocycles. The lowest BCUT2D eigenvalue weighted by molar-refractivity contribution is 0.102. The highest BCUT2D eigenvalue weighted by atomic mass is 32.2. The van der Waals surface area contributed by atoms with Crippen LogP contribution in [0.2, 0.25) is 0 Å². The molecule has 26 heavy (non-hydrogen) atoms. The summed E-state index contributed by atoms with van der Waals surface area (Å²) < 4.78 is 26.4. The number of hydrogen-bond donors (Lipinski definition) is 1. The van der Waals surface area contributed by atoms with E-state index in [-0.39, 0.29) is 10.8 Å². The van der Waals surface area contributed by atoms with Gasteiger partial charge in [0.2, 0.25) is 10.0 Å². The van der Waals surface area contributed by atoms with Gasteiger partial charge in [-0.3, -0.25) is 4.79 Å². The molecule has 2 aromatic rings. The lowest BCUT2D eigenvalue weighted by Gasteiger charge is -2.18. The molecule has 0 radical (unpaired) electrons. The number of sulfonamides is 1. The number of anilines is 1. The summed E-state index contributed by atoms with van der Waals surface area (Å²) in [5.74, 6) is 0.670. The zero-order valence-corrected chi connectivity index (χ0v) is 16.9. The Balaban J connectivity index is 2.19. The van der Waals surface area contributed by atoms with E-state index < -0.39 is 10.0 Å². The maximum Gasteiger partial charge on any atom is 0.256 e. The van der Waals surface area contributed by atoms with E-state index in [1.165, 1.54) is 16.4 Å². The molecular formula is C19H24N2O3S2. The van der Waals surface area contributed by atoms with Crippen LogP contribution in [-0.4, -0.2) is 37.5 Å². The summed E-state index contributed by atoms with van der Waals surface area (Å²) in [6, 6.07) is 13.7. The van der Waals surface area contributed by atoms with E-state index >= 15 is 0 Å². The second-order valence-corrected chi connectivity index (χ2v) is 8.74. The molecule has 0 heterocycles. The molecule has 0 aliphatic heterocycles. The Morgan fingerprint density at radius 2 is 1.62 bits per heavy atom. The van der Waals surface area contributed by atoms with E-state index in [2.05, 4.69) is 5.32 Å². The van der Waals surface area contributed by atoms with E-state index in [1.54, 1.807) is 43.8 Å². The Labute approximate surface area is 159 Å². The molecule has 0 unspecified atom stereocenters. The van der Waals surface area contributed by atoms with Crippen molar-refractivity contribution in [3.8, 4) is 0 Å². The quantitative estimate of drug-likeness (QED) is 0.688. The summed E-state index contributed by atoms with van der Waals surface area (Å²) in [6.45, 7) is 6.49. The van der Waals surface area contributed by atoms with Crippen LogP contribution in [-0.2, 0) is 10.0 Å². The van der Waals surface area contributed by atoms with Crippen molar-refractivity contribution in [2.75, 3.05) is 24.2 Å². The Hall–Kier alpha value is -1.83. The predicted octanol–water partition coefficient (Wildman–Crippen LogP) is 4.08. The molecule has 0 saturated heterocycles. The molecule has 2 rings (SSSR count). The molecule has 0 saturated carbocycles. The fraction of sp³-hybridized carbons (Fsp3) is 0.316. The van der Waals surface area contributed by atoms with Gasteiger partial charge in [-0.15, -0.1) is 11.8 Å². The first kappa shape index (κ1) is 20.5. The lowest BCUT2D eigenvalue weighted by atomic mass is 10.2. The smallest absolute Gasteiger partial charge is 0.256 e. The average molecular weight is 393 g/mol. The number of thioether (sulfide) groups is 1. The van der Waals surface area contributed by atoms with Gasteiger partial charge in [0.1, 0.15) is 0 Å². The van der Waals surface area contributed by atoms with Crippen LogP contribution in [0.25, 0.3) is 0 Å². The molecule has 1 N–H and O–H groups in total. The Bertz CT molecular complexity index is 845. The van der Waals surface area contributed by atoms with Crippen molar-refractivity contribution in [1.82, 2.24) is 4.31 Å². The van der Waals surface area contributed by atoms with Crippen LogP contribution in [0.5, 0.6) is 0 Å². The molecule has 1 amide bonds. The minimum Gasteiger partial charge on any atom is -0.322 e. The SMILES string of the molecule is CCSc1ccccc1C(=O)Nc1ccc(S(=O)(=O)N(CC)CC)cc1. The van der Waals surface area contributed by atoms with E-state index in [0.29, 0.717) is 24.3 Å². The molecule has 0 atom stereocenters.